The molecule has 27 heavy (non-hydrogen) atoms. The molecule has 3 aromatic heterocycles. The molecule has 0 radical (unpaired) electrons. The van der Waals surface area contributed by atoms with Crippen LogP contribution in [0.2, 0.25) is 5.02 Å². The van der Waals surface area contributed by atoms with Crippen molar-refractivity contribution in [2.24, 2.45) is 0 Å². The maximum Gasteiger partial charge on any atom is 0.161 e. The molecule has 0 fully saturated rings. The lowest BCUT2D eigenvalue weighted by molar-refractivity contribution is 0.687. The maximum atomic E-state index is 9.08. The smallest absolute Gasteiger partial charge is 0.161 e. The van der Waals surface area contributed by atoms with Crippen molar-refractivity contribution in [3.8, 4) is 28.7 Å². The van der Waals surface area contributed by atoms with Crippen LogP contribution in [-0.4, -0.2) is 24.7 Å². The Morgan fingerprint density at radius 2 is 2.00 bits per heavy atom. The molecule has 0 aliphatic carbocycles. The van der Waals surface area contributed by atoms with Crippen LogP contribution in [0, 0.1) is 18.3 Å². The van der Waals surface area contributed by atoms with Gasteiger partial charge in [-0.15, -0.1) is 0 Å². The van der Waals surface area contributed by atoms with E-state index in [-0.39, 0.29) is 0 Å². The van der Waals surface area contributed by atoms with Crippen LogP contribution < -0.4 is 0 Å². The second-order valence-electron chi connectivity index (χ2n) is 6.15. The number of aromatic nitrogens is 5. The summed E-state index contributed by atoms with van der Waals surface area (Å²) < 4.78 is 1.88. The number of rotatable bonds is 4. The summed E-state index contributed by atoms with van der Waals surface area (Å²) in [5.41, 5.74) is 4.89. The lowest BCUT2D eigenvalue weighted by Crippen LogP contribution is -1.99. The Morgan fingerprint density at radius 3 is 2.74 bits per heavy atom. The molecule has 6 nitrogen and oxygen atoms in total. The average Bonchev–Trinajstić information content (AvgIpc) is 3.30. The van der Waals surface area contributed by atoms with Gasteiger partial charge >= 0.3 is 0 Å². The van der Waals surface area contributed by atoms with Gasteiger partial charge in [-0.25, -0.2) is 4.98 Å². The molecule has 0 aliphatic rings. The van der Waals surface area contributed by atoms with E-state index < -0.39 is 0 Å². The highest BCUT2D eigenvalue weighted by molar-refractivity contribution is 6.30. The Kier molecular flexibility index (Phi) is 4.45. The van der Waals surface area contributed by atoms with Crippen LogP contribution in [0.25, 0.3) is 22.6 Å². The minimum atomic E-state index is 0.382. The summed E-state index contributed by atoms with van der Waals surface area (Å²) in [6.07, 6.45) is 5.54. The summed E-state index contributed by atoms with van der Waals surface area (Å²) in [5.74, 6) is 0.583. The summed E-state index contributed by atoms with van der Waals surface area (Å²) in [6.45, 7) is 2.48. The molecule has 1 N–H and O–H groups in total. The Labute approximate surface area is 161 Å². The third-order valence-electron chi connectivity index (χ3n) is 4.22. The first-order chi connectivity index (χ1) is 13.1. The second-order valence-corrected chi connectivity index (χ2v) is 6.59. The molecule has 1 aromatic carbocycles. The van der Waals surface area contributed by atoms with Gasteiger partial charge in [-0.2, -0.15) is 10.4 Å². The summed E-state index contributed by atoms with van der Waals surface area (Å²) >= 11 is 5.93. The predicted molar refractivity (Wildman–Crippen MR) is 103 cm³/mol. The Hall–Kier alpha value is -3.43. The van der Waals surface area contributed by atoms with E-state index in [0.717, 1.165) is 27.4 Å². The highest BCUT2D eigenvalue weighted by atomic mass is 35.5. The number of aryl methyl sites for hydroxylation is 1. The quantitative estimate of drug-likeness (QED) is 0.579. The first kappa shape index (κ1) is 17.0. The van der Waals surface area contributed by atoms with E-state index in [1.54, 1.807) is 6.20 Å². The van der Waals surface area contributed by atoms with Gasteiger partial charge in [-0.3, -0.25) is 9.67 Å². The number of halogens is 1. The number of aromatic amines is 1. The fourth-order valence-electron chi connectivity index (χ4n) is 2.81. The van der Waals surface area contributed by atoms with Gasteiger partial charge in [-0.05, 0) is 42.3 Å². The first-order valence-electron chi connectivity index (χ1n) is 8.33. The molecule has 7 heteroatoms. The van der Waals surface area contributed by atoms with Crippen molar-refractivity contribution in [2.45, 2.75) is 13.5 Å². The van der Waals surface area contributed by atoms with E-state index >= 15 is 0 Å². The van der Waals surface area contributed by atoms with Crippen LogP contribution in [0.5, 0.6) is 0 Å². The molecule has 3 heterocycles. The minimum Gasteiger partial charge on any atom is -0.340 e. The van der Waals surface area contributed by atoms with E-state index in [1.807, 2.05) is 60.4 Å². The number of pyridine rings is 1. The number of nitriles is 1. The molecule has 4 rings (SSSR count). The van der Waals surface area contributed by atoms with Crippen molar-refractivity contribution in [1.29, 1.82) is 5.26 Å². The predicted octanol–water partition coefficient (Wildman–Crippen LogP) is 4.22. The van der Waals surface area contributed by atoms with Gasteiger partial charge < -0.3 is 4.98 Å². The van der Waals surface area contributed by atoms with Crippen molar-refractivity contribution >= 4 is 11.6 Å². The van der Waals surface area contributed by atoms with Gasteiger partial charge in [0.1, 0.15) is 11.8 Å². The first-order valence-corrected chi connectivity index (χ1v) is 8.70. The molecule has 0 unspecified atom stereocenters. The molecule has 0 spiro atoms. The summed E-state index contributed by atoms with van der Waals surface area (Å²) in [7, 11) is 0. The Balaban J connectivity index is 1.60. The molecule has 0 aliphatic heterocycles. The molecule has 0 amide bonds. The molecule has 0 saturated heterocycles. The zero-order valence-electron chi connectivity index (χ0n) is 14.5. The lowest BCUT2D eigenvalue weighted by Gasteiger charge is -2.02. The Morgan fingerprint density at radius 1 is 1.19 bits per heavy atom. The molecule has 0 saturated carbocycles. The number of nitrogens with one attached hydrogen (secondary N) is 1. The molecular weight excluding hydrogens is 360 g/mol. The number of benzene rings is 1. The van der Waals surface area contributed by atoms with Crippen molar-refractivity contribution in [3.05, 3.63) is 77.0 Å². The SMILES string of the molecule is Cc1[nH]c(-c2cc(-c3cnn(Cc4ccc(Cl)cc4)c3)ccn2)nc1C#N. The highest BCUT2D eigenvalue weighted by Crippen LogP contribution is 2.23. The molecule has 132 valence electrons. The van der Waals surface area contributed by atoms with Crippen LogP contribution in [0.15, 0.2) is 55.0 Å². The molecular formula is C20H15ClN6. The fourth-order valence-corrected chi connectivity index (χ4v) is 2.93. The summed E-state index contributed by atoms with van der Waals surface area (Å²) in [5, 5.41) is 14.2. The fraction of sp³-hybridized carbons (Fsp3) is 0.100. The largest absolute Gasteiger partial charge is 0.340 e. The second kappa shape index (κ2) is 7.06. The standard InChI is InChI=1S/C20H15ClN6/c1-13-19(9-22)26-20(25-13)18-8-15(6-7-23-18)16-10-24-27(12-16)11-14-2-4-17(21)5-3-14/h2-8,10,12H,11H2,1H3,(H,25,26). The third-order valence-corrected chi connectivity index (χ3v) is 4.47. The van der Waals surface area contributed by atoms with Gasteiger partial charge in [0.25, 0.3) is 0 Å². The van der Waals surface area contributed by atoms with E-state index in [1.165, 1.54) is 0 Å². The van der Waals surface area contributed by atoms with Crippen LogP contribution in [-0.2, 0) is 6.54 Å². The number of hydrogen-bond donors (Lipinski definition) is 1. The minimum absolute atomic E-state index is 0.382. The van der Waals surface area contributed by atoms with Crippen molar-refractivity contribution < 1.29 is 0 Å². The van der Waals surface area contributed by atoms with Gasteiger partial charge in [0, 0.05) is 23.0 Å². The lowest BCUT2D eigenvalue weighted by atomic mass is 10.1. The van der Waals surface area contributed by atoms with E-state index in [9.17, 15) is 0 Å². The van der Waals surface area contributed by atoms with Crippen LogP contribution in [0.3, 0.4) is 0 Å². The van der Waals surface area contributed by atoms with Crippen LogP contribution in [0.4, 0.5) is 0 Å². The zero-order chi connectivity index (χ0) is 18.8. The number of nitrogens with zero attached hydrogens (tertiary/aromatic N) is 5. The monoisotopic (exact) mass is 374 g/mol. The highest BCUT2D eigenvalue weighted by Gasteiger charge is 2.11. The van der Waals surface area contributed by atoms with Crippen molar-refractivity contribution in [1.82, 2.24) is 24.7 Å². The number of imidazole rings is 1. The van der Waals surface area contributed by atoms with Crippen LogP contribution in [0.1, 0.15) is 17.0 Å². The van der Waals surface area contributed by atoms with Crippen molar-refractivity contribution in [2.75, 3.05) is 0 Å². The average molecular weight is 375 g/mol. The summed E-state index contributed by atoms with van der Waals surface area (Å²) in [4.78, 5) is 11.8. The van der Waals surface area contributed by atoms with E-state index in [4.69, 9.17) is 16.9 Å². The number of H-pyrrole nitrogens is 1. The van der Waals surface area contributed by atoms with Gasteiger partial charge in [-0.1, -0.05) is 23.7 Å². The van der Waals surface area contributed by atoms with E-state index in [2.05, 4.69) is 26.1 Å². The van der Waals surface area contributed by atoms with Crippen molar-refractivity contribution in [3.63, 3.8) is 0 Å². The van der Waals surface area contributed by atoms with Gasteiger partial charge in [0.2, 0.25) is 0 Å². The number of hydrogen-bond acceptors (Lipinski definition) is 4. The Bertz CT molecular complexity index is 1130. The molecule has 0 atom stereocenters. The van der Waals surface area contributed by atoms with Gasteiger partial charge in [0.15, 0.2) is 11.5 Å². The normalized spacial score (nSPS) is 10.7. The van der Waals surface area contributed by atoms with Gasteiger partial charge in [0.05, 0.1) is 18.4 Å². The molecule has 0 bridgehead atoms. The third kappa shape index (κ3) is 3.59. The zero-order valence-corrected chi connectivity index (χ0v) is 15.3. The van der Waals surface area contributed by atoms with Crippen LogP contribution >= 0.6 is 11.6 Å². The maximum absolute atomic E-state index is 9.08. The topological polar surface area (TPSA) is 83.2 Å². The summed E-state index contributed by atoms with van der Waals surface area (Å²) in [6, 6.07) is 13.6. The van der Waals surface area contributed by atoms with E-state index in [0.29, 0.717) is 23.8 Å². The molecule has 4 aromatic rings.